The summed E-state index contributed by atoms with van der Waals surface area (Å²) < 4.78 is 0. The predicted octanol–water partition coefficient (Wildman–Crippen LogP) is 0.760. The van der Waals surface area contributed by atoms with Crippen LogP contribution in [0.15, 0.2) is 12.7 Å². The molecule has 0 aromatic rings. The third kappa shape index (κ3) is 2.84. The molecular weight excluding hydrogens is 164 g/mol. The Kier molecular flexibility index (Phi) is 3.96. The summed E-state index contributed by atoms with van der Waals surface area (Å²) >= 11 is 0. The molecule has 0 aromatic heterocycles. The van der Waals surface area contributed by atoms with Crippen LogP contribution in [-0.2, 0) is 4.79 Å². The highest BCUT2D eigenvalue weighted by atomic mass is 16.2. The van der Waals surface area contributed by atoms with Crippen molar-refractivity contribution in [1.82, 2.24) is 4.90 Å². The fraction of sp³-hybridized carbons (Fsp3) is 0.700. The van der Waals surface area contributed by atoms with Gasteiger partial charge >= 0.3 is 0 Å². The number of likely N-dealkylation sites (tertiary alicyclic amines) is 1. The average Bonchev–Trinajstić information content (AvgIpc) is 2.18. The van der Waals surface area contributed by atoms with Crippen LogP contribution in [0.1, 0.15) is 19.3 Å². The highest BCUT2D eigenvalue weighted by Gasteiger charge is 2.21. The maximum absolute atomic E-state index is 11.5. The largest absolute Gasteiger partial charge is 0.342 e. The van der Waals surface area contributed by atoms with Crippen LogP contribution in [0.4, 0.5) is 0 Å². The molecule has 1 heterocycles. The van der Waals surface area contributed by atoms with Crippen LogP contribution in [-0.4, -0.2) is 30.4 Å². The first-order chi connectivity index (χ1) is 6.27. The molecule has 1 saturated heterocycles. The molecule has 13 heavy (non-hydrogen) atoms. The Balaban J connectivity index is 2.41. The lowest BCUT2D eigenvalue weighted by Gasteiger charge is -2.31. The summed E-state index contributed by atoms with van der Waals surface area (Å²) in [5.74, 6) is 0.690. The van der Waals surface area contributed by atoms with Gasteiger partial charge in [0.1, 0.15) is 0 Å². The van der Waals surface area contributed by atoms with Crippen LogP contribution in [0.3, 0.4) is 0 Å². The standard InChI is InChI=1S/C10H18N2O/c1-2-4-10(13)12-6-3-5-9(7-11)8-12/h2,9H,1,3-8,11H2. The minimum Gasteiger partial charge on any atom is -0.342 e. The minimum absolute atomic E-state index is 0.188. The molecule has 1 aliphatic rings. The highest BCUT2D eigenvalue weighted by Crippen LogP contribution is 2.15. The fourth-order valence-electron chi connectivity index (χ4n) is 1.74. The van der Waals surface area contributed by atoms with Crippen molar-refractivity contribution in [3.63, 3.8) is 0 Å². The Labute approximate surface area is 79.6 Å². The summed E-state index contributed by atoms with van der Waals surface area (Å²) in [6.07, 6.45) is 4.37. The van der Waals surface area contributed by atoms with E-state index in [-0.39, 0.29) is 5.91 Å². The Bertz CT molecular complexity index is 191. The number of carbonyl (C=O) groups excluding carboxylic acids is 1. The zero-order valence-electron chi connectivity index (χ0n) is 8.04. The van der Waals surface area contributed by atoms with Crippen molar-refractivity contribution in [2.75, 3.05) is 19.6 Å². The van der Waals surface area contributed by atoms with E-state index in [1.165, 1.54) is 0 Å². The number of amides is 1. The van der Waals surface area contributed by atoms with Crippen molar-refractivity contribution in [2.45, 2.75) is 19.3 Å². The number of hydrogen-bond donors (Lipinski definition) is 1. The van der Waals surface area contributed by atoms with Crippen LogP contribution < -0.4 is 5.73 Å². The zero-order chi connectivity index (χ0) is 9.68. The van der Waals surface area contributed by atoms with Gasteiger partial charge in [0.25, 0.3) is 0 Å². The molecule has 1 aliphatic heterocycles. The van der Waals surface area contributed by atoms with E-state index >= 15 is 0 Å². The number of nitrogens with zero attached hydrogens (tertiary/aromatic N) is 1. The van der Waals surface area contributed by atoms with Crippen molar-refractivity contribution in [2.24, 2.45) is 11.7 Å². The molecule has 1 atom stereocenters. The monoisotopic (exact) mass is 182 g/mol. The van der Waals surface area contributed by atoms with Crippen molar-refractivity contribution in [3.05, 3.63) is 12.7 Å². The number of carbonyl (C=O) groups is 1. The molecular formula is C10H18N2O. The normalized spacial score (nSPS) is 22.8. The molecule has 0 saturated carbocycles. The van der Waals surface area contributed by atoms with E-state index in [2.05, 4.69) is 6.58 Å². The third-order valence-corrected chi connectivity index (χ3v) is 2.52. The second-order valence-electron chi connectivity index (χ2n) is 3.58. The molecule has 3 heteroatoms. The van der Waals surface area contributed by atoms with E-state index in [0.717, 1.165) is 25.9 Å². The molecule has 0 radical (unpaired) electrons. The van der Waals surface area contributed by atoms with E-state index in [0.29, 0.717) is 18.9 Å². The molecule has 1 fully saturated rings. The van der Waals surface area contributed by atoms with E-state index in [4.69, 9.17) is 5.73 Å². The average molecular weight is 182 g/mol. The molecule has 1 rings (SSSR count). The maximum atomic E-state index is 11.5. The Morgan fingerprint density at radius 3 is 3.08 bits per heavy atom. The van der Waals surface area contributed by atoms with Crippen molar-refractivity contribution < 1.29 is 4.79 Å². The van der Waals surface area contributed by atoms with Gasteiger partial charge in [-0.1, -0.05) is 6.08 Å². The Hall–Kier alpha value is -0.830. The second-order valence-corrected chi connectivity index (χ2v) is 3.58. The topological polar surface area (TPSA) is 46.3 Å². The molecule has 1 amide bonds. The fourth-order valence-corrected chi connectivity index (χ4v) is 1.74. The Morgan fingerprint density at radius 2 is 2.46 bits per heavy atom. The molecule has 2 N–H and O–H groups in total. The van der Waals surface area contributed by atoms with Crippen LogP contribution in [0.2, 0.25) is 0 Å². The predicted molar refractivity (Wildman–Crippen MR) is 53.2 cm³/mol. The lowest BCUT2D eigenvalue weighted by molar-refractivity contribution is -0.131. The summed E-state index contributed by atoms with van der Waals surface area (Å²) in [6.45, 7) is 5.98. The van der Waals surface area contributed by atoms with Crippen molar-refractivity contribution in [1.29, 1.82) is 0 Å². The summed E-state index contributed by atoms with van der Waals surface area (Å²) in [7, 11) is 0. The quantitative estimate of drug-likeness (QED) is 0.655. The number of hydrogen-bond acceptors (Lipinski definition) is 2. The van der Waals surface area contributed by atoms with Crippen LogP contribution >= 0.6 is 0 Å². The van der Waals surface area contributed by atoms with Crippen molar-refractivity contribution in [3.8, 4) is 0 Å². The van der Waals surface area contributed by atoms with Gasteiger partial charge in [-0.25, -0.2) is 0 Å². The first-order valence-corrected chi connectivity index (χ1v) is 4.86. The van der Waals surface area contributed by atoms with Gasteiger partial charge in [0, 0.05) is 19.5 Å². The highest BCUT2D eigenvalue weighted by molar-refractivity contribution is 5.77. The molecule has 0 aliphatic carbocycles. The van der Waals surface area contributed by atoms with Gasteiger partial charge in [-0.3, -0.25) is 4.79 Å². The van der Waals surface area contributed by atoms with E-state index < -0.39 is 0 Å². The van der Waals surface area contributed by atoms with E-state index in [9.17, 15) is 4.79 Å². The first kappa shape index (κ1) is 10.3. The summed E-state index contributed by atoms with van der Waals surface area (Å²) in [6, 6.07) is 0. The van der Waals surface area contributed by atoms with E-state index in [1.807, 2.05) is 4.90 Å². The van der Waals surface area contributed by atoms with Gasteiger partial charge in [0.15, 0.2) is 0 Å². The second kappa shape index (κ2) is 5.02. The van der Waals surface area contributed by atoms with Crippen LogP contribution in [0, 0.1) is 5.92 Å². The van der Waals surface area contributed by atoms with Gasteiger partial charge < -0.3 is 10.6 Å². The summed E-state index contributed by atoms with van der Waals surface area (Å²) in [4.78, 5) is 13.4. The minimum atomic E-state index is 0.188. The summed E-state index contributed by atoms with van der Waals surface area (Å²) in [5, 5.41) is 0. The first-order valence-electron chi connectivity index (χ1n) is 4.86. The molecule has 0 spiro atoms. The number of rotatable bonds is 3. The zero-order valence-corrected chi connectivity index (χ0v) is 8.04. The van der Waals surface area contributed by atoms with Crippen LogP contribution in [0.5, 0.6) is 0 Å². The molecule has 0 bridgehead atoms. The molecule has 3 nitrogen and oxygen atoms in total. The SMILES string of the molecule is C=CCC(=O)N1CCCC(CN)C1. The smallest absolute Gasteiger partial charge is 0.226 e. The van der Waals surface area contributed by atoms with E-state index in [1.54, 1.807) is 6.08 Å². The van der Waals surface area contributed by atoms with Gasteiger partial charge in [-0.2, -0.15) is 0 Å². The van der Waals surface area contributed by atoms with Crippen LogP contribution in [0.25, 0.3) is 0 Å². The lowest BCUT2D eigenvalue weighted by Crippen LogP contribution is -2.41. The lowest BCUT2D eigenvalue weighted by atomic mass is 9.98. The van der Waals surface area contributed by atoms with Gasteiger partial charge in [0.2, 0.25) is 5.91 Å². The molecule has 1 unspecified atom stereocenters. The molecule has 74 valence electrons. The number of piperidine rings is 1. The van der Waals surface area contributed by atoms with Crippen molar-refractivity contribution >= 4 is 5.91 Å². The van der Waals surface area contributed by atoms with Gasteiger partial charge in [-0.15, -0.1) is 6.58 Å². The Morgan fingerprint density at radius 1 is 1.69 bits per heavy atom. The molecule has 0 aromatic carbocycles. The van der Waals surface area contributed by atoms with Gasteiger partial charge in [0.05, 0.1) is 0 Å². The number of nitrogens with two attached hydrogens (primary N) is 1. The third-order valence-electron chi connectivity index (χ3n) is 2.52. The maximum Gasteiger partial charge on any atom is 0.226 e. The van der Waals surface area contributed by atoms with Gasteiger partial charge in [-0.05, 0) is 25.3 Å². The summed E-state index contributed by atoms with van der Waals surface area (Å²) in [5.41, 5.74) is 5.58.